The van der Waals surface area contributed by atoms with Crippen molar-refractivity contribution in [3.05, 3.63) is 82.5 Å². The first-order valence-electron chi connectivity index (χ1n) is 10.9. The van der Waals surface area contributed by atoms with E-state index >= 15 is 0 Å². The third kappa shape index (κ3) is 4.81. The molecule has 180 valence electrons. The Morgan fingerprint density at radius 2 is 1.66 bits per heavy atom. The standard InChI is InChI=1S/C27H25ClN2O5/c1-16-17(2)23(10-9-22(16)30(27(31)32)15-18-7-5-6-8-20(18)28)35-24-11-12-29-21-14-26(34-4)25(33-3)13-19(21)24/h5-14H,15H2,1-4H3,(H,31,32). The van der Waals surface area contributed by atoms with Crippen LogP contribution < -0.4 is 19.1 Å². The summed E-state index contributed by atoms with van der Waals surface area (Å²) in [6.07, 6.45) is 0.595. The second-order valence-corrected chi connectivity index (χ2v) is 8.34. The number of hydrogen-bond donors (Lipinski definition) is 1. The molecule has 7 nitrogen and oxygen atoms in total. The van der Waals surface area contributed by atoms with Gasteiger partial charge in [0.1, 0.15) is 11.5 Å². The monoisotopic (exact) mass is 492 g/mol. The fourth-order valence-corrected chi connectivity index (χ4v) is 4.09. The van der Waals surface area contributed by atoms with Gasteiger partial charge in [-0.05, 0) is 60.9 Å². The number of ether oxygens (including phenoxy) is 3. The van der Waals surface area contributed by atoms with E-state index in [1.807, 2.05) is 38.1 Å². The van der Waals surface area contributed by atoms with Crippen LogP contribution in [0.15, 0.2) is 60.8 Å². The van der Waals surface area contributed by atoms with Crippen molar-refractivity contribution in [2.24, 2.45) is 0 Å². The highest BCUT2D eigenvalue weighted by Crippen LogP contribution is 2.39. The van der Waals surface area contributed by atoms with Crippen molar-refractivity contribution in [1.82, 2.24) is 4.98 Å². The van der Waals surface area contributed by atoms with Crippen LogP contribution in [0.5, 0.6) is 23.0 Å². The third-order valence-corrected chi connectivity index (χ3v) is 6.31. The molecule has 0 radical (unpaired) electrons. The predicted octanol–water partition coefficient (Wildman–Crippen LogP) is 7.00. The van der Waals surface area contributed by atoms with E-state index in [9.17, 15) is 9.90 Å². The zero-order chi connectivity index (χ0) is 25.1. The summed E-state index contributed by atoms with van der Waals surface area (Å²) in [5.41, 5.74) is 3.59. The van der Waals surface area contributed by atoms with Gasteiger partial charge in [0.2, 0.25) is 0 Å². The topological polar surface area (TPSA) is 81.1 Å². The van der Waals surface area contributed by atoms with E-state index < -0.39 is 6.09 Å². The molecule has 0 aliphatic heterocycles. The number of amides is 1. The molecule has 1 heterocycles. The molecule has 1 N–H and O–H groups in total. The Morgan fingerprint density at radius 3 is 2.34 bits per heavy atom. The van der Waals surface area contributed by atoms with E-state index in [0.717, 1.165) is 22.1 Å². The number of benzene rings is 3. The van der Waals surface area contributed by atoms with Crippen molar-refractivity contribution >= 4 is 34.3 Å². The lowest BCUT2D eigenvalue weighted by atomic mass is 10.1. The maximum Gasteiger partial charge on any atom is 0.412 e. The van der Waals surface area contributed by atoms with E-state index in [-0.39, 0.29) is 6.54 Å². The second kappa shape index (κ2) is 10.1. The Balaban J connectivity index is 1.71. The minimum absolute atomic E-state index is 0.131. The van der Waals surface area contributed by atoms with Crippen LogP contribution in [-0.2, 0) is 6.54 Å². The first-order chi connectivity index (χ1) is 16.8. The number of nitrogens with zero attached hydrogens (tertiary/aromatic N) is 2. The van der Waals surface area contributed by atoms with Crippen LogP contribution >= 0.6 is 11.6 Å². The number of halogens is 1. The third-order valence-electron chi connectivity index (χ3n) is 5.94. The maximum atomic E-state index is 12.1. The van der Waals surface area contributed by atoms with E-state index in [1.54, 1.807) is 50.7 Å². The quantitative estimate of drug-likeness (QED) is 0.299. The SMILES string of the molecule is COc1cc2nccc(Oc3ccc(N(Cc4ccccc4Cl)C(=O)O)c(C)c3C)c2cc1OC. The molecule has 0 unspecified atom stereocenters. The zero-order valence-corrected chi connectivity index (χ0v) is 20.6. The van der Waals surface area contributed by atoms with Crippen LogP contribution in [0.25, 0.3) is 10.9 Å². The van der Waals surface area contributed by atoms with Crippen LogP contribution in [-0.4, -0.2) is 30.4 Å². The number of hydrogen-bond acceptors (Lipinski definition) is 5. The van der Waals surface area contributed by atoms with Crippen molar-refractivity contribution in [2.45, 2.75) is 20.4 Å². The molecule has 0 saturated heterocycles. The lowest BCUT2D eigenvalue weighted by molar-refractivity contribution is 0.201. The zero-order valence-electron chi connectivity index (χ0n) is 19.8. The molecule has 0 aliphatic carbocycles. The lowest BCUT2D eigenvalue weighted by Crippen LogP contribution is -2.29. The molecule has 0 aliphatic rings. The fraction of sp³-hybridized carbons (Fsp3) is 0.185. The first kappa shape index (κ1) is 24.2. The van der Waals surface area contributed by atoms with Gasteiger partial charge in [-0.3, -0.25) is 9.88 Å². The largest absolute Gasteiger partial charge is 0.493 e. The molecular weight excluding hydrogens is 468 g/mol. The van der Waals surface area contributed by atoms with Crippen molar-refractivity contribution in [2.75, 3.05) is 19.1 Å². The summed E-state index contributed by atoms with van der Waals surface area (Å²) in [4.78, 5) is 17.8. The van der Waals surface area contributed by atoms with Gasteiger partial charge in [-0.1, -0.05) is 29.8 Å². The molecule has 35 heavy (non-hydrogen) atoms. The van der Waals surface area contributed by atoms with E-state index in [0.29, 0.717) is 39.2 Å². The average Bonchev–Trinajstić information content (AvgIpc) is 2.86. The van der Waals surface area contributed by atoms with E-state index in [1.165, 1.54) is 4.90 Å². The molecule has 1 aromatic heterocycles. The minimum Gasteiger partial charge on any atom is -0.493 e. The highest BCUT2D eigenvalue weighted by molar-refractivity contribution is 6.31. The summed E-state index contributed by atoms with van der Waals surface area (Å²) < 4.78 is 17.1. The smallest absolute Gasteiger partial charge is 0.412 e. The van der Waals surface area contributed by atoms with E-state index in [2.05, 4.69) is 4.98 Å². The molecule has 3 aromatic carbocycles. The van der Waals surface area contributed by atoms with E-state index in [4.69, 9.17) is 25.8 Å². The maximum absolute atomic E-state index is 12.1. The van der Waals surface area contributed by atoms with Crippen LogP contribution in [0, 0.1) is 13.8 Å². The summed E-state index contributed by atoms with van der Waals surface area (Å²) in [5.74, 6) is 2.35. The number of anilines is 1. The Morgan fingerprint density at radius 1 is 0.943 bits per heavy atom. The Kier molecular flexibility index (Phi) is 6.98. The summed E-state index contributed by atoms with van der Waals surface area (Å²) in [5, 5.41) is 11.2. The van der Waals surface area contributed by atoms with Gasteiger partial charge in [0, 0.05) is 22.7 Å². The second-order valence-electron chi connectivity index (χ2n) is 7.93. The summed E-state index contributed by atoms with van der Waals surface area (Å²) in [7, 11) is 3.15. The number of carbonyl (C=O) groups is 1. The number of pyridine rings is 1. The molecule has 0 fully saturated rings. The van der Waals surface area contributed by atoms with Crippen LogP contribution in [0.3, 0.4) is 0 Å². The minimum atomic E-state index is -1.07. The molecule has 0 spiro atoms. The Labute approximate surface area is 208 Å². The van der Waals surface area contributed by atoms with Gasteiger partial charge in [0.15, 0.2) is 11.5 Å². The summed E-state index contributed by atoms with van der Waals surface area (Å²) in [6, 6.07) is 16.1. The van der Waals surface area contributed by atoms with Gasteiger partial charge >= 0.3 is 6.09 Å². The van der Waals surface area contributed by atoms with Crippen molar-refractivity contribution in [3.8, 4) is 23.0 Å². The molecule has 4 aromatic rings. The van der Waals surface area contributed by atoms with Gasteiger partial charge in [-0.15, -0.1) is 0 Å². The number of carboxylic acid groups (broad SMARTS) is 1. The molecular formula is C27H25ClN2O5. The van der Waals surface area contributed by atoms with Crippen molar-refractivity contribution in [3.63, 3.8) is 0 Å². The van der Waals surface area contributed by atoms with Crippen molar-refractivity contribution in [1.29, 1.82) is 0 Å². The predicted molar refractivity (Wildman–Crippen MR) is 136 cm³/mol. The van der Waals surface area contributed by atoms with Crippen LogP contribution in [0.2, 0.25) is 5.02 Å². The van der Waals surface area contributed by atoms with Gasteiger partial charge < -0.3 is 19.3 Å². The highest BCUT2D eigenvalue weighted by Gasteiger charge is 2.21. The Hall–Kier alpha value is -3.97. The van der Waals surface area contributed by atoms with Gasteiger partial charge in [-0.2, -0.15) is 0 Å². The molecule has 1 amide bonds. The molecule has 0 saturated carbocycles. The lowest BCUT2D eigenvalue weighted by Gasteiger charge is -2.24. The number of aromatic nitrogens is 1. The average molecular weight is 493 g/mol. The first-order valence-corrected chi connectivity index (χ1v) is 11.2. The molecule has 0 bridgehead atoms. The number of fused-ring (bicyclic) bond motifs is 1. The Bertz CT molecular complexity index is 1410. The van der Waals surface area contributed by atoms with Gasteiger partial charge in [0.05, 0.1) is 32.0 Å². The normalized spacial score (nSPS) is 10.8. The summed E-state index contributed by atoms with van der Waals surface area (Å²) >= 11 is 6.27. The van der Waals surface area contributed by atoms with Crippen LogP contribution in [0.4, 0.5) is 10.5 Å². The van der Waals surface area contributed by atoms with Gasteiger partial charge in [-0.25, -0.2) is 4.79 Å². The number of rotatable bonds is 7. The summed E-state index contributed by atoms with van der Waals surface area (Å²) in [6.45, 7) is 3.90. The highest BCUT2D eigenvalue weighted by atomic mass is 35.5. The van der Waals surface area contributed by atoms with Crippen LogP contribution in [0.1, 0.15) is 16.7 Å². The van der Waals surface area contributed by atoms with Gasteiger partial charge in [0.25, 0.3) is 0 Å². The molecule has 8 heteroatoms. The number of methoxy groups -OCH3 is 2. The fourth-order valence-electron chi connectivity index (χ4n) is 3.89. The van der Waals surface area contributed by atoms with Crippen molar-refractivity contribution < 1.29 is 24.1 Å². The molecule has 4 rings (SSSR count). The molecule has 0 atom stereocenters.